The van der Waals surface area contributed by atoms with Gasteiger partial charge in [-0.2, -0.15) is 0 Å². The monoisotopic (exact) mass is 424 g/mol. The van der Waals surface area contributed by atoms with Crippen molar-refractivity contribution in [1.82, 2.24) is 9.80 Å². The predicted molar refractivity (Wildman–Crippen MR) is 91.1 cm³/mol. The quantitative estimate of drug-likeness (QED) is 0.622. The van der Waals surface area contributed by atoms with E-state index in [1.165, 1.54) is 11.1 Å². The van der Waals surface area contributed by atoms with Crippen LogP contribution in [0.5, 0.6) is 0 Å². The largest absolute Gasteiger partial charge is 1.00 e. The van der Waals surface area contributed by atoms with E-state index in [0.29, 0.717) is 0 Å². The van der Waals surface area contributed by atoms with Crippen molar-refractivity contribution >= 4 is 24.4 Å². The molecule has 0 aromatic heterocycles. The summed E-state index contributed by atoms with van der Waals surface area (Å²) in [5, 5.41) is 0. The third kappa shape index (κ3) is 12.1. The van der Waals surface area contributed by atoms with Gasteiger partial charge in [-0.05, 0) is 51.5 Å². The third-order valence-electron chi connectivity index (χ3n) is 2.52. The molecule has 2 aromatic carbocycles. The first kappa shape index (κ1) is 23.7. The van der Waals surface area contributed by atoms with Crippen LogP contribution in [0.25, 0.3) is 0 Å². The Morgan fingerprint density at radius 2 is 1.09 bits per heavy atom. The van der Waals surface area contributed by atoms with Crippen LogP contribution in [0.1, 0.15) is 11.1 Å². The predicted octanol–water partition coefficient (Wildman–Crippen LogP) is -0.280. The van der Waals surface area contributed by atoms with E-state index in [1.54, 1.807) is 0 Å². The fraction of sp³-hybridized carbons (Fsp3) is 0.333. The standard InChI is InChI=1S/2C9H12N.ClH.Sb/c2*1-10(2)8-9-6-4-3-5-7-9;;/h2*3-6H,8H2,1-2H3;1H;/p-1. The number of rotatable bonds is 4. The van der Waals surface area contributed by atoms with Crippen LogP contribution < -0.4 is 12.4 Å². The van der Waals surface area contributed by atoms with Crippen LogP contribution in [-0.4, -0.2) is 62.4 Å². The maximum absolute atomic E-state index is 3.16. The van der Waals surface area contributed by atoms with Crippen molar-refractivity contribution in [2.45, 2.75) is 13.1 Å². The van der Waals surface area contributed by atoms with Crippen LogP contribution in [0.15, 0.2) is 48.5 Å². The van der Waals surface area contributed by atoms with Crippen LogP contribution in [-0.2, 0) is 13.1 Å². The van der Waals surface area contributed by atoms with Gasteiger partial charge in [0.15, 0.2) is 0 Å². The molecule has 4 heteroatoms. The molecule has 0 fully saturated rings. The minimum absolute atomic E-state index is 0. The van der Waals surface area contributed by atoms with E-state index < -0.39 is 0 Å². The Balaban J connectivity index is 0. The Morgan fingerprint density at radius 3 is 1.32 bits per heavy atom. The summed E-state index contributed by atoms with van der Waals surface area (Å²) >= 11 is 0. The van der Waals surface area contributed by atoms with E-state index in [2.05, 4.69) is 62.3 Å². The second kappa shape index (κ2) is 14.1. The minimum Gasteiger partial charge on any atom is -1.00 e. The van der Waals surface area contributed by atoms with Crippen molar-refractivity contribution in [3.05, 3.63) is 71.8 Å². The van der Waals surface area contributed by atoms with Gasteiger partial charge in [0.25, 0.3) is 0 Å². The molecule has 0 spiro atoms. The van der Waals surface area contributed by atoms with Crippen LogP contribution >= 0.6 is 0 Å². The number of hydrogen-bond donors (Lipinski definition) is 0. The van der Waals surface area contributed by atoms with E-state index in [1.807, 2.05) is 36.4 Å². The van der Waals surface area contributed by atoms with Crippen molar-refractivity contribution in [2.75, 3.05) is 28.2 Å². The molecule has 0 saturated carbocycles. The van der Waals surface area contributed by atoms with Crippen molar-refractivity contribution in [3.63, 3.8) is 0 Å². The molecular formula is C18H24ClN2Sb-. The molecule has 2 rings (SSSR count). The molecule has 0 saturated heterocycles. The Labute approximate surface area is 159 Å². The summed E-state index contributed by atoms with van der Waals surface area (Å²) in [6.07, 6.45) is 0. The second-order valence-electron chi connectivity index (χ2n) is 5.25. The van der Waals surface area contributed by atoms with Gasteiger partial charge in [0.2, 0.25) is 0 Å². The molecule has 0 atom stereocenters. The first-order valence-electron chi connectivity index (χ1n) is 6.78. The smallest absolute Gasteiger partial charge is 0.0233 e. The Morgan fingerprint density at radius 1 is 0.727 bits per heavy atom. The molecule has 0 heterocycles. The molecule has 119 valence electrons. The van der Waals surface area contributed by atoms with E-state index in [-0.39, 0.29) is 36.8 Å². The van der Waals surface area contributed by atoms with Gasteiger partial charge < -0.3 is 22.2 Å². The van der Waals surface area contributed by atoms with Crippen molar-refractivity contribution < 1.29 is 12.4 Å². The summed E-state index contributed by atoms with van der Waals surface area (Å²) in [6, 6.07) is 22.4. The van der Waals surface area contributed by atoms with Gasteiger partial charge in [0.1, 0.15) is 0 Å². The van der Waals surface area contributed by atoms with Gasteiger partial charge in [-0.25, -0.2) is 0 Å². The summed E-state index contributed by atoms with van der Waals surface area (Å²) < 4.78 is 0. The maximum Gasteiger partial charge on any atom is 0.0233 e. The summed E-state index contributed by atoms with van der Waals surface area (Å²) in [7, 11) is 8.23. The van der Waals surface area contributed by atoms with Crippen LogP contribution in [0.4, 0.5) is 0 Å². The Hall–Kier alpha value is -0.532. The minimum atomic E-state index is 0. The zero-order chi connectivity index (χ0) is 14.8. The van der Waals surface area contributed by atoms with Gasteiger partial charge in [-0.15, -0.1) is 0 Å². The first-order chi connectivity index (χ1) is 9.58. The fourth-order valence-electron chi connectivity index (χ4n) is 1.74. The summed E-state index contributed by atoms with van der Waals surface area (Å²) in [5.74, 6) is 0. The average molecular weight is 426 g/mol. The molecule has 0 N–H and O–H groups in total. The fourth-order valence-corrected chi connectivity index (χ4v) is 1.74. The molecule has 0 amide bonds. The molecule has 0 unspecified atom stereocenters. The molecule has 0 aliphatic rings. The van der Waals surface area contributed by atoms with Crippen molar-refractivity contribution in [3.8, 4) is 0 Å². The zero-order valence-corrected chi connectivity index (χ0v) is 17.1. The maximum atomic E-state index is 3.16. The SMILES string of the molecule is CN(C)Cc1[c]cccc1.CN(C)Cc1[c]cccc1.[Cl-].[Sb]. The van der Waals surface area contributed by atoms with Crippen LogP contribution in [0.3, 0.4) is 0 Å². The number of halogens is 1. The van der Waals surface area contributed by atoms with Gasteiger partial charge in [0, 0.05) is 37.5 Å². The molecule has 5 radical (unpaired) electrons. The van der Waals surface area contributed by atoms with Gasteiger partial charge in [-0.3, -0.25) is 0 Å². The number of benzene rings is 2. The molecule has 0 aliphatic heterocycles. The molecule has 0 bridgehead atoms. The average Bonchev–Trinajstić information content (AvgIpc) is 2.40. The molecule has 2 nitrogen and oxygen atoms in total. The zero-order valence-electron chi connectivity index (χ0n) is 13.8. The molecule has 2 aromatic rings. The van der Waals surface area contributed by atoms with Crippen molar-refractivity contribution in [1.29, 1.82) is 0 Å². The number of hydrogen-bond acceptors (Lipinski definition) is 2. The molecular weight excluding hydrogens is 401 g/mol. The summed E-state index contributed by atoms with van der Waals surface area (Å²) in [6.45, 7) is 1.95. The van der Waals surface area contributed by atoms with Gasteiger partial charge in [0.05, 0.1) is 0 Å². The molecule has 22 heavy (non-hydrogen) atoms. The van der Waals surface area contributed by atoms with Gasteiger partial charge in [-0.1, -0.05) is 48.5 Å². The van der Waals surface area contributed by atoms with E-state index in [0.717, 1.165) is 13.1 Å². The number of nitrogens with zero attached hydrogens (tertiary/aromatic N) is 2. The second-order valence-corrected chi connectivity index (χ2v) is 5.25. The van der Waals surface area contributed by atoms with Crippen LogP contribution in [0, 0.1) is 12.1 Å². The Kier molecular flexibility index (Phi) is 15.2. The topological polar surface area (TPSA) is 6.48 Å². The van der Waals surface area contributed by atoms with E-state index >= 15 is 0 Å². The normalized spacial score (nSPS) is 9.36. The molecule has 0 aliphatic carbocycles. The van der Waals surface area contributed by atoms with E-state index in [4.69, 9.17) is 0 Å². The van der Waals surface area contributed by atoms with E-state index in [9.17, 15) is 0 Å². The summed E-state index contributed by atoms with van der Waals surface area (Å²) in [5.41, 5.74) is 2.49. The van der Waals surface area contributed by atoms with Crippen LogP contribution in [0.2, 0.25) is 0 Å². The third-order valence-corrected chi connectivity index (χ3v) is 2.52. The Bertz CT molecular complexity index is 416. The summed E-state index contributed by atoms with van der Waals surface area (Å²) in [4.78, 5) is 4.26. The van der Waals surface area contributed by atoms with Gasteiger partial charge >= 0.3 is 0 Å². The van der Waals surface area contributed by atoms with Crippen molar-refractivity contribution in [2.24, 2.45) is 0 Å². The first-order valence-corrected chi connectivity index (χ1v) is 6.78.